The van der Waals surface area contributed by atoms with Crippen LogP contribution in [0.15, 0.2) is 42.5 Å². The Bertz CT molecular complexity index is 826. The number of hydrogen-bond acceptors (Lipinski definition) is 4. The highest BCUT2D eigenvalue weighted by Gasteiger charge is 2.12. The monoisotopic (exact) mass is 410 g/mol. The average Bonchev–Trinajstić information content (AvgIpc) is 2.60. The van der Waals surface area contributed by atoms with Crippen LogP contribution in [0.2, 0.25) is 10.0 Å². The number of ether oxygens (including phenoxy) is 1. The number of carbonyl (C=O) groups is 2. The number of halogens is 2. The van der Waals surface area contributed by atoms with Crippen molar-refractivity contribution in [3.8, 4) is 0 Å². The van der Waals surface area contributed by atoms with Crippen molar-refractivity contribution in [1.29, 1.82) is 0 Å². The van der Waals surface area contributed by atoms with Gasteiger partial charge in [-0.05, 0) is 61.1 Å². The molecule has 0 aliphatic carbocycles. The Morgan fingerprint density at radius 3 is 2.42 bits per heavy atom. The third kappa shape index (κ3) is 5.69. The second-order valence-electron chi connectivity index (χ2n) is 5.25. The first-order chi connectivity index (χ1) is 12.4. The molecule has 8 heteroatoms. The Morgan fingerprint density at radius 2 is 1.81 bits per heavy atom. The minimum absolute atomic E-state index is 0.0994. The second-order valence-corrected chi connectivity index (χ2v) is 6.50. The van der Waals surface area contributed by atoms with Crippen molar-refractivity contribution in [1.82, 2.24) is 5.32 Å². The number of carbonyl (C=O) groups excluding carboxylic acids is 2. The predicted molar refractivity (Wildman–Crippen MR) is 107 cm³/mol. The molecule has 0 aromatic heterocycles. The highest BCUT2D eigenvalue weighted by Crippen LogP contribution is 2.20. The van der Waals surface area contributed by atoms with Gasteiger partial charge in [-0.25, -0.2) is 4.79 Å². The summed E-state index contributed by atoms with van der Waals surface area (Å²) in [6.07, 6.45) is 0.761. The van der Waals surface area contributed by atoms with Crippen LogP contribution in [0, 0.1) is 0 Å². The number of esters is 1. The van der Waals surface area contributed by atoms with E-state index in [9.17, 15) is 9.59 Å². The van der Waals surface area contributed by atoms with Crippen LogP contribution in [-0.4, -0.2) is 23.6 Å². The van der Waals surface area contributed by atoms with Gasteiger partial charge in [-0.15, -0.1) is 0 Å². The van der Waals surface area contributed by atoms with Gasteiger partial charge in [0.1, 0.15) is 0 Å². The van der Waals surface area contributed by atoms with Gasteiger partial charge in [0.2, 0.25) is 0 Å². The van der Waals surface area contributed by atoms with Crippen molar-refractivity contribution >= 4 is 58.1 Å². The van der Waals surface area contributed by atoms with E-state index >= 15 is 0 Å². The molecule has 0 saturated heterocycles. The zero-order valence-corrected chi connectivity index (χ0v) is 16.2. The Morgan fingerprint density at radius 1 is 1.12 bits per heavy atom. The summed E-state index contributed by atoms with van der Waals surface area (Å²) < 4.78 is 5.06. The summed E-state index contributed by atoms with van der Waals surface area (Å²) in [4.78, 5) is 23.9. The minimum Gasteiger partial charge on any atom is -0.462 e. The fourth-order valence-electron chi connectivity index (χ4n) is 1.97. The highest BCUT2D eigenvalue weighted by atomic mass is 35.5. The van der Waals surface area contributed by atoms with Gasteiger partial charge >= 0.3 is 5.97 Å². The molecule has 5 nitrogen and oxygen atoms in total. The largest absolute Gasteiger partial charge is 0.462 e. The Kier molecular flexibility index (Phi) is 7.38. The lowest BCUT2D eigenvalue weighted by atomic mass is 10.2. The van der Waals surface area contributed by atoms with Gasteiger partial charge in [0, 0.05) is 10.7 Å². The van der Waals surface area contributed by atoms with Gasteiger partial charge in [0.25, 0.3) is 5.91 Å². The molecule has 0 atom stereocenters. The molecule has 0 radical (unpaired) electrons. The summed E-state index contributed by atoms with van der Waals surface area (Å²) in [6, 6.07) is 11.1. The van der Waals surface area contributed by atoms with E-state index in [1.807, 2.05) is 6.92 Å². The first-order valence-electron chi connectivity index (χ1n) is 7.75. The predicted octanol–water partition coefficient (Wildman–Crippen LogP) is 4.69. The number of benzene rings is 2. The Hall–Kier alpha value is -2.15. The maximum Gasteiger partial charge on any atom is 0.338 e. The van der Waals surface area contributed by atoms with E-state index in [1.54, 1.807) is 30.3 Å². The molecule has 0 bridgehead atoms. The first-order valence-corrected chi connectivity index (χ1v) is 8.91. The third-order valence-corrected chi connectivity index (χ3v) is 3.97. The van der Waals surface area contributed by atoms with Crippen LogP contribution in [0.3, 0.4) is 0 Å². The molecule has 1 amide bonds. The molecule has 2 aromatic carbocycles. The fraction of sp³-hybridized carbons (Fsp3) is 0.167. The maximum absolute atomic E-state index is 12.2. The number of hydrogen-bond donors (Lipinski definition) is 2. The van der Waals surface area contributed by atoms with Crippen molar-refractivity contribution in [2.75, 3.05) is 11.9 Å². The van der Waals surface area contributed by atoms with Gasteiger partial charge in [-0.2, -0.15) is 0 Å². The molecule has 136 valence electrons. The number of amides is 1. The molecular weight excluding hydrogens is 395 g/mol. The van der Waals surface area contributed by atoms with Crippen LogP contribution < -0.4 is 10.6 Å². The lowest BCUT2D eigenvalue weighted by Gasteiger charge is -2.11. The van der Waals surface area contributed by atoms with Crippen LogP contribution in [0.1, 0.15) is 34.1 Å². The van der Waals surface area contributed by atoms with Crippen molar-refractivity contribution in [2.45, 2.75) is 13.3 Å². The maximum atomic E-state index is 12.2. The van der Waals surface area contributed by atoms with Crippen LogP contribution in [0.5, 0.6) is 0 Å². The van der Waals surface area contributed by atoms with Gasteiger partial charge in [-0.1, -0.05) is 30.1 Å². The number of thiocarbonyl (C=S) groups is 1. The fourth-order valence-corrected chi connectivity index (χ4v) is 2.68. The summed E-state index contributed by atoms with van der Waals surface area (Å²) in [6.45, 7) is 2.30. The SMILES string of the molecule is CCCOC(=O)c1ccc(NC(=S)NC(=O)c2ccc(Cl)cc2Cl)cc1. The van der Waals surface area contributed by atoms with Crippen LogP contribution >= 0.6 is 35.4 Å². The zero-order chi connectivity index (χ0) is 19.1. The summed E-state index contributed by atoms with van der Waals surface area (Å²) in [7, 11) is 0. The van der Waals surface area contributed by atoms with Crippen molar-refractivity contribution in [3.63, 3.8) is 0 Å². The first kappa shape index (κ1) is 20.2. The van der Waals surface area contributed by atoms with E-state index < -0.39 is 5.91 Å². The van der Waals surface area contributed by atoms with Gasteiger partial charge < -0.3 is 10.1 Å². The zero-order valence-electron chi connectivity index (χ0n) is 13.8. The summed E-state index contributed by atoms with van der Waals surface area (Å²) in [5.74, 6) is -0.837. The molecule has 0 fully saturated rings. The Labute approximate surface area is 166 Å². The summed E-state index contributed by atoms with van der Waals surface area (Å²) in [5, 5.41) is 6.16. The Balaban J connectivity index is 1.95. The molecule has 0 aliphatic heterocycles. The molecule has 0 unspecified atom stereocenters. The third-order valence-electron chi connectivity index (χ3n) is 3.22. The molecule has 0 heterocycles. The standard InChI is InChI=1S/C18H16Cl2N2O3S/c1-2-9-25-17(24)11-3-6-13(7-4-11)21-18(26)22-16(23)14-8-5-12(19)10-15(14)20/h3-8,10H,2,9H2,1H3,(H2,21,22,23,26). The second kappa shape index (κ2) is 9.52. The van der Waals surface area contributed by atoms with Crippen LogP contribution in [-0.2, 0) is 4.74 Å². The van der Waals surface area contributed by atoms with Crippen LogP contribution in [0.4, 0.5) is 5.69 Å². The average molecular weight is 411 g/mol. The van der Waals surface area contributed by atoms with Crippen LogP contribution in [0.25, 0.3) is 0 Å². The van der Waals surface area contributed by atoms with E-state index in [1.165, 1.54) is 12.1 Å². The van der Waals surface area contributed by atoms with E-state index in [2.05, 4.69) is 10.6 Å². The van der Waals surface area contributed by atoms with Crippen molar-refractivity contribution in [2.24, 2.45) is 0 Å². The molecule has 0 saturated carbocycles. The van der Waals surface area contributed by atoms with Crippen molar-refractivity contribution in [3.05, 3.63) is 63.6 Å². The molecule has 2 N–H and O–H groups in total. The minimum atomic E-state index is -0.455. The normalized spacial score (nSPS) is 10.1. The number of nitrogens with one attached hydrogen (secondary N) is 2. The number of anilines is 1. The quantitative estimate of drug-likeness (QED) is 0.552. The molecule has 2 aromatic rings. The summed E-state index contributed by atoms with van der Waals surface area (Å²) >= 11 is 16.9. The molecular formula is C18H16Cl2N2O3S. The van der Waals surface area contributed by atoms with Gasteiger partial charge in [0.15, 0.2) is 5.11 Å². The van der Waals surface area contributed by atoms with E-state index in [0.717, 1.165) is 6.42 Å². The molecule has 0 spiro atoms. The van der Waals surface area contributed by atoms with E-state index in [0.29, 0.717) is 22.9 Å². The van der Waals surface area contributed by atoms with Gasteiger partial charge in [0.05, 0.1) is 22.8 Å². The number of rotatable bonds is 5. The van der Waals surface area contributed by atoms with E-state index in [-0.39, 0.29) is 21.7 Å². The van der Waals surface area contributed by atoms with E-state index in [4.69, 9.17) is 40.2 Å². The smallest absolute Gasteiger partial charge is 0.338 e. The van der Waals surface area contributed by atoms with Gasteiger partial charge in [-0.3, -0.25) is 10.1 Å². The molecule has 0 aliphatic rings. The summed E-state index contributed by atoms with van der Waals surface area (Å²) in [5.41, 5.74) is 1.31. The highest BCUT2D eigenvalue weighted by molar-refractivity contribution is 7.80. The lowest BCUT2D eigenvalue weighted by molar-refractivity contribution is 0.0505. The van der Waals surface area contributed by atoms with Crippen molar-refractivity contribution < 1.29 is 14.3 Å². The topological polar surface area (TPSA) is 67.4 Å². The molecule has 26 heavy (non-hydrogen) atoms. The lowest BCUT2D eigenvalue weighted by Crippen LogP contribution is -2.34. The molecule has 2 rings (SSSR count).